The number of carbonyl (C=O) groups is 1. The van der Waals surface area contributed by atoms with Crippen LogP contribution in [0.2, 0.25) is 5.02 Å². The SMILES string of the molecule is COC=C(C(=O)OC)C(C)=C/C=C/c1ccc(Cl)c(OC)c1. The number of allylic oxidation sites excluding steroid dienone is 2. The quantitative estimate of drug-likeness (QED) is 0.343. The predicted molar refractivity (Wildman–Crippen MR) is 87.9 cm³/mol. The molecule has 1 aromatic rings. The number of carbonyl (C=O) groups excluding carboxylic acids is 1. The topological polar surface area (TPSA) is 44.8 Å². The number of ether oxygens (including phenoxy) is 3. The lowest BCUT2D eigenvalue weighted by molar-refractivity contribution is -0.135. The summed E-state index contributed by atoms with van der Waals surface area (Å²) in [6.45, 7) is 1.80. The van der Waals surface area contributed by atoms with Crippen LogP contribution in [0.5, 0.6) is 5.75 Å². The summed E-state index contributed by atoms with van der Waals surface area (Å²) in [5.74, 6) is 0.163. The van der Waals surface area contributed by atoms with Crippen LogP contribution in [0.4, 0.5) is 0 Å². The van der Waals surface area contributed by atoms with E-state index in [0.29, 0.717) is 16.3 Å². The minimum atomic E-state index is -0.447. The number of methoxy groups -OCH3 is 3. The van der Waals surface area contributed by atoms with Crippen molar-refractivity contribution < 1.29 is 19.0 Å². The van der Waals surface area contributed by atoms with Crippen LogP contribution in [-0.4, -0.2) is 27.3 Å². The van der Waals surface area contributed by atoms with Crippen molar-refractivity contribution >= 4 is 23.6 Å². The summed E-state index contributed by atoms with van der Waals surface area (Å²) in [4.78, 5) is 11.6. The van der Waals surface area contributed by atoms with Crippen LogP contribution in [0.15, 0.2) is 47.8 Å². The molecule has 0 aliphatic heterocycles. The maximum atomic E-state index is 11.6. The van der Waals surface area contributed by atoms with Crippen LogP contribution in [-0.2, 0) is 14.3 Å². The first kappa shape index (κ1) is 17.9. The molecule has 118 valence electrons. The van der Waals surface area contributed by atoms with Gasteiger partial charge in [-0.3, -0.25) is 0 Å². The zero-order valence-electron chi connectivity index (χ0n) is 13.1. The van der Waals surface area contributed by atoms with Crippen LogP contribution in [0.25, 0.3) is 6.08 Å². The monoisotopic (exact) mass is 322 g/mol. The highest BCUT2D eigenvalue weighted by Gasteiger charge is 2.11. The smallest absolute Gasteiger partial charge is 0.341 e. The molecule has 0 amide bonds. The molecule has 4 nitrogen and oxygen atoms in total. The average Bonchev–Trinajstić information content (AvgIpc) is 2.53. The van der Waals surface area contributed by atoms with E-state index in [4.69, 9.17) is 25.8 Å². The van der Waals surface area contributed by atoms with Crippen LogP contribution >= 0.6 is 11.6 Å². The van der Waals surface area contributed by atoms with Gasteiger partial charge in [0, 0.05) is 0 Å². The molecule has 0 saturated carbocycles. The van der Waals surface area contributed by atoms with E-state index in [1.165, 1.54) is 20.5 Å². The van der Waals surface area contributed by atoms with Gasteiger partial charge >= 0.3 is 5.97 Å². The minimum Gasteiger partial charge on any atom is -0.503 e. The second-order valence-corrected chi connectivity index (χ2v) is 4.77. The molecule has 0 aliphatic carbocycles. The first-order valence-electron chi connectivity index (χ1n) is 6.53. The van der Waals surface area contributed by atoms with E-state index in [9.17, 15) is 4.79 Å². The van der Waals surface area contributed by atoms with E-state index in [2.05, 4.69) is 0 Å². The zero-order chi connectivity index (χ0) is 16.5. The fourth-order valence-electron chi connectivity index (χ4n) is 1.70. The Bertz CT molecular complexity index is 615. The van der Waals surface area contributed by atoms with Gasteiger partial charge in [-0.2, -0.15) is 0 Å². The number of halogens is 1. The second-order valence-electron chi connectivity index (χ2n) is 4.36. The van der Waals surface area contributed by atoms with Crippen molar-refractivity contribution in [1.82, 2.24) is 0 Å². The Morgan fingerprint density at radius 3 is 2.55 bits per heavy atom. The van der Waals surface area contributed by atoms with Gasteiger partial charge in [0.25, 0.3) is 0 Å². The molecule has 0 atom stereocenters. The Kier molecular flexibility index (Phi) is 7.26. The van der Waals surface area contributed by atoms with Gasteiger partial charge in [0.2, 0.25) is 0 Å². The van der Waals surface area contributed by atoms with Crippen molar-refractivity contribution in [2.45, 2.75) is 6.92 Å². The average molecular weight is 323 g/mol. The molecule has 0 radical (unpaired) electrons. The number of hydrogen-bond donors (Lipinski definition) is 0. The van der Waals surface area contributed by atoms with E-state index >= 15 is 0 Å². The van der Waals surface area contributed by atoms with Crippen molar-refractivity contribution in [2.24, 2.45) is 0 Å². The first-order valence-corrected chi connectivity index (χ1v) is 6.91. The van der Waals surface area contributed by atoms with Crippen molar-refractivity contribution in [3.8, 4) is 5.75 Å². The molecule has 5 heteroatoms. The molecule has 1 rings (SSSR count). The Labute approximate surface area is 135 Å². The van der Waals surface area contributed by atoms with Gasteiger partial charge in [0.1, 0.15) is 5.75 Å². The number of rotatable bonds is 6. The standard InChI is InChI=1S/C17H19ClO4/c1-12(14(11-20-2)17(19)22-4)6-5-7-13-8-9-15(18)16(10-13)21-3/h5-11H,1-4H3/b7-5+,12-6?,14-11?. The molecule has 0 aliphatic rings. The molecule has 0 spiro atoms. The van der Waals surface area contributed by atoms with Gasteiger partial charge in [-0.05, 0) is 30.2 Å². The van der Waals surface area contributed by atoms with Crippen molar-refractivity contribution in [2.75, 3.05) is 21.3 Å². The molecule has 0 unspecified atom stereocenters. The van der Waals surface area contributed by atoms with E-state index in [1.54, 1.807) is 26.2 Å². The van der Waals surface area contributed by atoms with Gasteiger partial charge in [-0.25, -0.2) is 4.79 Å². The van der Waals surface area contributed by atoms with Crippen LogP contribution in [0.1, 0.15) is 12.5 Å². The highest BCUT2D eigenvalue weighted by Crippen LogP contribution is 2.25. The number of benzene rings is 1. The molecule has 22 heavy (non-hydrogen) atoms. The lowest BCUT2D eigenvalue weighted by atomic mass is 10.1. The van der Waals surface area contributed by atoms with Crippen molar-refractivity contribution in [3.05, 3.63) is 58.3 Å². The van der Waals surface area contributed by atoms with Gasteiger partial charge in [-0.1, -0.05) is 35.9 Å². The van der Waals surface area contributed by atoms with Crippen LogP contribution in [0.3, 0.4) is 0 Å². The third-order valence-corrected chi connectivity index (χ3v) is 3.19. The van der Waals surface area contributed by atoms with E-state index in [1.807, 2.05) is 24.3 Å². The van der Waals surface area contributed by atoms with Gasteiger partial charge in [0.15, 0.2) is 0 Å². The Morgan fingerprint density at radius 1 is 1.23 bits per heavy atom. The summed E-state index contributed by atoms with van der Waals surface area (Å²) in [7, 11) is 4.37. The molecule has 1 aromatic carbocycles. The fourth-order valence-corrected chi connectivity index (χ4v) is 1.90. The number of hydrogen-bond acceptors (Lipinski definition) is 4. The minimum absolute atomic E-state index is 0.364. The summed E-state index contributed by atoms with van der Waals surface area (Å²) in [5, 5.41) is 0.558. The number of esters is 1. The molecule has 0 N–H and O–H groups in total. The highest BCUT2D eigenvalue weighted by atomic mass is 35.5. The normalized spacial score (nSPS) is 12.4. The molecule has 0 saturated heterocycles. The third kappa shape index (κ3) is 4.97. The zero-order valence-corrected chi connectivity index (χ0v) is 13.8. The third-order valence-electron chi connectivity index (χ3n) is 2.88. The Morgan fingerprint density at radius 2 is 1.95 bits per heavy atom. The molecule has 0 heterocycles. The summed E-state index contributed by atoms with van der Waals surface area (Å²) >= 11 is 5.97. The largest absolute Gasteiger partial charge is 0.503 e. The van der Waals surface area contributed by atoms with E-state index in [-0.39, 0.29) is 0 Å². The second kappa shape index (κ2) is 8.95. The maximum Gasteiger partial charge on any atom is 0.341 e. The van der Waals surface area contributed by atoms with Crippen molar-refractivity contribution in [3.63, 3.8) is 0 Å². The first-order chi connectivity index (χ1) is 10.5. The molecular weight excluding hydrogens is 304 g/mol. The van der Waals surface area contributed by atoms with Gasteiger partial charge in [-0.15, -0.1) is 0 Å². The highest BCUT2D eigenvalue weighted by molar-refractivity contribution is 6.32. The predicted octanol–water partition coefficient (Wildman–Crippen LogP) is 4.01. The summed E-state index contributed by atoms with van der Waals surface area (Å²) in [6.07, 6.45) is 6.86. The van der Waals surface area contributed by atoms with Crippen LogP contribution in [0, 0.1) is 0 Å². The molecule has 0 bridgehead atoms. The lowest BCUT2D eigenvalue weighted by Crippen LogP contribution is -2.06. The molecule has 0 fully saturated rings. The van der Waals surface area contributed by atoms with Crippen molar-refractivity contribution in [1.29, 1.82) is 0 Å². The maximum absolute atomic E-state index is 11.6. The fraction of sp³-hybridized carbons (Fsp3) is 0.235. The van der Waals surface area contributed by atoms with Crippen LogP contribution < -0.4 is 4.74 Å². The van der Waals surface area contributed by atoms with Gasteiger partial charge in [0.05, 0.1) is 38.2 Å². The summed E-state index contributed by atoms with van der Waals surface area (Å²) in [5.41, 5.74) is 2.02. The van der Waals surface area contributed by atoms with E-state index < -0.39 is 5.97 Å². The Balaban J connectivity index is 2.94. The Hall–Kier alpha value is -2.20. The molecular formula is C17H19ClO4. The molecule has 0 aromatic heterocycles. The summed E-state index contributed by atoms with van der Waals surface area (Å²) < 4.78 is 14.8. The van der Waals surface area contributed by atoms with Gasteiger partial charge < -0.3 is 14.2 Å². The lowest BCUT2D eigenvalue weighted by Gasteiger charge is -2.05. The summed E-state index contributed by atoms with van der Waals surface area (Å²) in [6, 6.07) is 5.46. The van der Waals surface area contributed by atoms with E-state index in [0.717, 1.165) is 11.1 Å².